The van der Waals surface area contributed by atoms with Crippen molar-refractivity contribution in [1.82, 2.24) is 0 Å². The summed E-state index contributed by atoms with van der Waals surface area (Å²) in [6.07, 6.45) is 6.82. The smallest absolute Gasteiger partial charge is 0.0388 e. The molecule has 0 saturated carbocycles. The monoisotopic (exact) mass is 153 g/mol. The van der Waals surface area contributed by atoms with Gasteiger partial charge in [0.15, 0.2) is 0 Å². The molecule has 0 N–H and O–H groups in total. The van der Waals surface area contributed by atoms with E-state index >= 15 is 0 Å². The first-order chi connectivity index (χ1) is 5.30. The minimum Gasteiger partial charge on any atom is -0.294 e. The molecule has 1 heteroatoms. The maximum atomic E-state index is 4.54. The van der Waals surface area contributed by atoms with E-state index in [1.54, 1.807) is 0 Å². The van der Waals surface area contributed by atoms with Crippen LogP contribution in [-0.4, -0.2) is 12.3 Å². The van der Waals surface area contributed by atoms with Gasteiger partial charge in [-0.15, -0.1) is 0 Å². The van der Waals surface area contributed by atoms with Gasteiger partial charge in [-0.1, -0.05) is 26.2 Å². The Morgan fingerprint density at radius 2 is 1.91 bits per heavy atom. The molecule has 0 saturated heterocycles. The van der Waals surface area contributed by atoms with E-state index in [9.17, 15) is 0 Å². The first kappa shape index (κ1) is 8.76. The predicted molar refractivity (Wildman–Crippen MR) is 50.2 cm³/mol. The van der Waals surface area contributed by atoms with Crippen LogP contribution < -0.4 is 0 Å². The largest absolute Gasteiger partial charge is 0.294 e. The summed E-state index contributed by atoms with van der Waals surface area (Å²) in [5.74, 6) is 0.730. The molecule has 0 amide bonds. The molecule has 0 aliphatic carbocycles. The van der Waals surface area contributed by atoms with Crippen molar-refractivity contribution in [3.63, 3.8) is 0 Å². The number of nitrogens with zero attached hydrogens (tertiary/aromatic N) is 1. The van der Waals surface area contributed by atoms with E-state index in [-0.39, 0.29) is 0 Å². The molecule has 1 nitrogen and oxygen atoms in total. The molecule has 0 spiro atoms. The van der Waals surface area contributed by atoms with Crippen LogP contribution in [0.1, 0.15) is 46.0 Å². The van der Waals surface area contributed by atoms with Gasteiger partial charge in [-0.25, -0.2) is 0 Å². The normalized spacial score (nSPS) is 28.2. The highest BCUT2D eigenvalue weighted by atomic mass is 14.7. The summed E-state index contributed by atoms with van der Waals surface area (Å²) in [4.78, 5) is 4.54. The third-order valence-electron chi connectivity index (χ3n) is 2.62. The standard InChI is InChI=1S/C10H19N/c1-9-7-5-3-4-6-8-11-10(9)2/h9H,3-8H2,1-2H3. The van der Waals surface area contributed by atoms with Crippen LogP contribution in [0.2, 0.25) is 0 Å². The molecule has 64 valence electrons. The van der Waals surface area contributed by atoms with Crippen LogP contribution in [0.25, 0.3) is 0 Å². The molecule has 11 heavy (non-hydrogen) atoms. The third-order valence-corrected chi connectivity index (χ3v) is 2.62. The van der Waals surface area contributed by atoms with Gasteiger partial charge in [0.2, 0.25) is 0 Å². The van der Waals surface area contributed by atoms with Crippen LogP contribution in [0, 0.1) is 5.92 Å². The van der Waals surface area contributed by atoms with Gasteiger partial charge < -0.3 is 0 Å². The van der Waals surface area contributed by atoms with Gasteiger partial charge in [0.25, 0.3) is 0 Å². The minimum absolute atomic E-state index is 0.730. The second kappa shape index (κ2) is 4.53. The number of rotatable bonds is 0. The molecule has 1 rings (SSSR count). The number of hydrogen-bond acceptors (Lipinski definition) is 1. The predicted octanol–water partition coefficient (Wildman–Crippen LogP) is 3.05. The summed E-state index contributed by atoms with van der Waals surface area (Å²) >= 11 is 0. The van der Waals surface area contributed by atoms with Crippen molar-refractivity contribution in [2.24, 2.45) is 10.9 Å². The Morgan fingerprint density at radius 1 is 1.18 bits per heavy atom. The second-order valence-electron chi connectivity index (χ2n) is 3.63. The zero-order valence-electron chi connectivity index (χ0n) is 7.77. The average Bonchev–Trinajstić information content (AvgIpc) is 2.07. The van der Waals surface area contributed by atoms with E-state index in [1.807, 2.05) is 0 Å². The highest BCUT2D eigenvalue weighted by molar-refractivity contribution is 5.83. The van der Waals surface area contributed by atoms with Gasteiger partial charge in [0, 0.05) is 12.3 Å². The van der Waals surface area contributed by atoms with Crippen molar-refractivity contribution in [3.05, 3.63) is 0 Å². The summed E-state index contributed by atoms with van der Waals surface area (Å²) in [5, 5.41) is 0. The van der Waals surface area contributed by atoms with Gasteiger partial charge in [-0.2, -0.15) is 0 Å². The van der Waals surface area contributed by atoms with Crippen molar-refractivity contribution in [2.75, 3.05) is 6.54 Å². The van der Waals surface area contributed by atoms with Gasteiger partial charge in [-0.3, -0.25) is 4.99 Å². The van der Waals surface area contributed by atoms with Crippen LogP contribution in [0.15, 0.2) is 4.99 Å². The highest BCUT2D eigenvalue weighted by Gasteiger charge is 2.06. The van der Waals surface area contributed by atoms with Gasteiger partial charge in [0.05, 0.1) is 0 Å². The lowest BCUT2D eigenvalue weighted by atomic mass is 9.99. The zero-order valence-corrected chi connectivity index (χ0v) is 7.77. The molecule has 1 unspecified atom stereocenters. The van der Waals surface area contributed by atoms with Crippen molar-refractivity contribution in [2.45, 2.75) is 46.0 Å². The molecule has 0 fully saturated rings. The molecule has 1 atom stereocenters. The molecule has 0 radical (unpaired) electrons. The molecule has 0 aromatic heterocycles. The van der Waals surface area contributed by atoms with Crippen molar-refractivity contribution in [1.29, 1.82) is 0 Å². The average molecular weight is 153 g/mol. The van der Waals surface area contributed by atoms with Crippen molar-refractivity contribution < 1.29 is 0 Å². The molecule has 0 bridgehead atoms. The molecule has 0 aromatic carbocycles. The Kier molecular flexibility index (Phi) is 3.61. The summed E-state index contributed by atoms with van der Waals surface area (Å²) in [7, 11) is 0. The first-order valence-electron chi connectivity index (χ1n) is 4.81. The van der Waals surface area contributed by atoms with Crippen LogP contribution in [0.5, 0.6) is 0 Å². The summed E-state index contributed by atoms with van der Waals surface area (Å²) in [6, 6.07) is 0. The zero-order chi connectivity index (χ0) is 8.10. The van der Waals surface area contributed by atoms with E-state index in [2.05, 4.69) is 18.8 Å². The Labute approximate surface area is 69.9 Å². The Hall–Kier alpha value is -0.330. The fraction of sp³-hybridized carbons (Fsp3) is 0.900. The summed E-state index contributed by atoms with van der Waals surface area (Å²) in [6.45, 7) is 5.54. The first-order valence-corrected chi connectivity index (χ1v) is 4.81. The van der Waals surface area contributed by atoms with Crippen LogP contribution in [0.3, 0.4) is 0 Å². The van der Waals surface area contributed by atoms with Crippen molar-refractivity contribution in [3.8, 4) is 0 Å². The second-order valence-corrected chi connectivity index (χ2v) is 3.63. The highest BCUT2D eigenvalue weighted by Crippen LogP contribution is 2.14. The topological polar surface area (TPSA) is 12.4 Å². The minimum atomic E-state index is 0.730. The fourth-order valence-corrected chi connectivity index (χ4v) is 1.54. The van der Waals surface area contributed by atoms with E-state index in [0.29, 0.717) is 0 Å². The fourth-order valence-electron chi connectivity index (χ4n) is 1.54. The summed E-state index contributed by atoms with van der Waals surface area (Å²) < 4.78 is 0. The molecule has 1 aliphatic heterocycles. The van der Waals surface area contributed by atoms with Crippen LogP contribution >= 0.6 is 0 Å². The summed E-state index contributed by atoms with van der Waals surface area (Å²) in [5.41, 5.74) is 1.37. The maximum Gasteiger partial charge on any atom is 0.0388 e. The van der Waals surface area contributed by atoms with E-state index in [4.69, 9.17) is 0 Å². The molecule has 0 aromatic rings. The van der Waals surface area contributed by atoms with Crippen molar-refractivity contribution >= 4 is 5.71 Å². The van der Waals surface area contributed by atoms with E-state index in [1.165, 1.54) is 37.8 Å². The Balaban J connectivity index is 2.44. The van der Waals surface area contributed by atoms with Gasteiger partial charge in [0.1, 0.15) is 0 Å². The van der Waals surface area contributed by atoms with Gasteiger partial charge >= 0.3 is 0 Å². The SMILES string of the molecule is CC1=NCCCCCCC1C. The van der Waals surface area contributed by atoms with Crippen LogP contribution in [0.4, 0.5) is 0 Å². The van der Waals surface area contributed by atoms with Crippen LogP contribution in [-0.2, 0) is 0 Å². The molecular formula is C10H19N. The number of hydrogen-bond donors (Lipinski definition) is 0. The van der Waals surface area contributed by atoms with Gasteiger partial charge in [-0.05, 0) is 25.7 Å². The number of aliphatic imine (C=N–C) groups is 1. The van der Waals surface area contributed by atoms with E-state index in [0.717, 1.165) is 12.5 Å². The lowest BCUT2D eigenvalue weighted by Crippen LogP contribution is -2.06. The maximum absolute atomic E-state index is 4.54. The van der Waals surface area contributed by atoms with E-state index < -0.39 is 0 Å². The lowest BCUT2D eigenvalue weighted by molar-refractivity contribution is 0.585. The Morgan fingerprint density at radius 3 is 2.73 bits per heavy atom. The lowest BCUT2D eigenvalue weighted by Gasteiger charge is -2.08. The molecular weight excluding hydrogens is 134 g/mol. The Bertz CT molecular complexity index is 138. The quantitative estimate of drug-likeness (QED) is 0.507. The molecule has 1 heterocycles. The molecule has 1 aliphatic rings. The third kappa shape index (κ3) is 3.04.